The highest BCUT2D eigenvalue weighted by atomic mass is 16.6. The van der Waals surface area contributed by atoms with Crippen LogP contribution in [-0.4, -0.2) is 23.3 Å². The predicted octanol–water partition coefficient (Wildman–Crippen LogP) is 4.54. The van der Waals surface area contributed by atoms with Crippen LogP contribution in [0.25, 0.3) is 17.4 Å². The second kappa shape index (κ2) is 10.7. The zero-order chi connectivity index (χ0) is 22.9. The Morgan fingerprint density at radius 3 is 2.41 bits per heavy atom. The molecule has 164 valence electrons. The van der Waals surface area contributed by atoms with Crippen molar-refractivity contribution in [2.45, 2.75) is 19.8 Å². The zero-order valence-electron chi connectivity index (χ0n) is 17.5. The molecule has 2 amide bonds. The number of nitrogens with zero attached hydrogens (tertiary/aromatic N) is 1. The molecule has 0 atom stereocenters. The average Bonchev–Trinajstić information content (AvgIpc) is 3.28. The number of nitrogens with one attached hydrogen (secondary N) is 2. The molecule has 0 aliphatic rings. The van der Waals surface area contributed by atoms with Gasteiger partial charge in [0, 0.05) is 35.9 Å². The summed E-state index contributed by atoms with van der Waals surface area (Å²) < 4.78 is 5.79. The summed E-state index contributed by atoms with van der Waals surface area (Å²) in [6.07, 6.45) is 3.19. The summed E-state index contributed by atoms with van der Waals surface area (Å²) >= 11 is 0. The van der Waals surface area contributed by atoms with Crippen molar-refractivity contribution in [2.75, 3.05) is 6.54 Å². The summed E-state index contributed by atoms with van der Waals surface area (Å²) in [6.45, 7) is 2.50. The third-order valence-electron chi connectivity index (χ3n) is 4.62. The Kier molecular flexibility index (Phi) is 7.53. The molecule has 0 bridgehead atoms. The quantitative estimate of drug-likeness (QED) is 0.222. The maximum absolute atomic E-state index is 12.7. The number of benzene rings is 2. The van der Waals surface area contributed by atoms with Crippen molar-refractivity contribution in [3.8, 4) is 11.3 Å². The number of hydrogen-bond donors (Lipinski definition) is 2. The molecular weight excluding hydrogens is 410 g/mol. The Labute approximate surface area is 185 Å². The van der Waals surface area contributed by atoms with E-state index in [9.17, 15) is 19.7 Å². The number of non-ortho nitro benzene ring substituents is 1. The van der Waals surface area contributed by atoms with Crippen LogP contribution in [0.1, 0.15) is 35.9 Å². The van der Waals surface area contributed by atoms with Gasteiger partial charge in [0.2, 0.25) is 0 Å². The van der Waals surface area contributed by atoms with E-state index >= 15 is 0 Å². The fraction of sp³-hybridized carbons (Fsp3) is 0.167. The lowest BCUT2D eigenvalue weighted by Crippen LogP contribution is -2.35. The van der Waals surface area contributed by atoms with Crippen LogP contribution in [-0.2, 0) is 4.79 Å². The van der Waals surface area contributed by atoms with Gasteiger partial charge in [0.1, 0.15) is 17.2 Å². The van der Waals surface area contributed by atoms with E-state index in [0.29, 0.717) is 29.2 Å². The van der Waals surface area contributed by atoms with Gasteiger partial charge in [0.25, 0.3) is 17.5 Å². The lowest BCUT2D eigenvalue weighted by molar-refractivity contribution is -0.384. The van der Waals surface area contributed by atoms with Crippen molar-refractivity contribution in [3.05, 3.63) is 93.9 Å². The maximum Gasteiger partial charge on any atom is 0.269 e. The molecule has 1 aromatic heterocycles. The monoisotopic (exact) mass is 433 g/mol. The van der Waals surface area contributed by atoms with Gasteiger partial charge < -0.3 is 15.1 Å². The fourth-order valence-corrected chi connectivity index (χ4v) is 2.89. The Morgan fingerprint density at radius 1 is 1.03 bits per heavy atom. The second-order valence-electron chi connectivity index (χ2n) is 6.99. The van der Waals surface area contributed by atoms with E-state index in [4.69, 9.17) is 4.42 Å². The molecular formula is C24H23N3O5. The molecule has 8 heteroatoms. The summed E-state index contributed by atoms with van der Waals surface area (Å²) in [6, 6.07) is 17.9. The number of nitro groups is 1. The van der Waals surface area contributed by atoms with Crippen molar-refractivity contribution in [1.82, 2.24) is 10.6 Å². The van der Waals surface area contributed by atoms with Crippen LogP contribution in [0.2, 0.25) is 0 Å². The zero-order valence-corrected chi connectivity index (χ0v) is 17.5. The van der Waals surface area contributed by atoms with Gasteiger partial charge in [0.05, 0.1) is 4.92 Å². The normalized spacial score (nSPS) is 11.1. The number of carbonyl (C=O) groups is 2. The first-order valence-corrected chi connectivity index (χ1v) is 10.2. The molecule has 3 aromatic rings. The minimum Gasteiger partial charge on any atom is -0.457 e. The van der Waals surface area contributed by atoms with E-state index in [1.165, 1.54) is 18.2 Å². The van der Waals surface area contributed by atoms with E-state index < -0.39 is 16.7 Å². The summed E-state index contributed by atoms with van der Waals surface area (Å²) in [5, 5.41) is 16.3. The molecule has 32 heavy (non-hydrogen) atoms. The van der Waals surface area contributed by atoms with Crippen molar-refractivity contribution in [1.29, 1.82) is 0 Å². The maximum atomic E-state index is 12.7. The highest BCUT2D eigenvalue weighted by molar-refractivity contribution is 6.05. The fourth-order valence-electron chi connectivity index (χ4n) is 2.89. The lowest BCUT2D eigenvalue weighted by atomic mass is 10.1. The third-order valence-corrected chi connectivity index (χ3v) is 4.62. The largest absolute Gasteiger partial charge is 0.457 e. The summed E-state index contributed by atoms with van der Waals surface area (Å²) in [4.78, 5) is 35.6. The molecule has 0 spiro atoms. The molecule has 0 fully saturated rings. The van der Waals surface area contributed by atoms with Gasteiger partial charge in [-0.25, -0.2) is 0 Å². The first-order chi connectivity index (χ1) is 15.5. The van der Waals surface area contributed by atoms with Gasteiger partial charge >= 0.3 is 0 Å². The number of amides is 2. The van der Waals surface area contributed by atoms with Crippen LogP contribution in [0, 0.1) is 10.1 Å². The molecule has 0 aliphatic heterocycles. The average molecular weight is 433 g/mol. The number of furan rings is 1. The first kappa shape index (κ1) is 22.5. The van der Waals surface area contributed by atoms with Crippen LogP contribution < -0.4 is 10.6 Å². The van der Waals surface area contributed by atoms with Crippen LogP contribution in [0.4, 0.5) is 5.69 Å². The van der Waals surface area contributed by atoms with Gasteiger partial charge in [-0.05, 0) is 42.8 Å². The van der Waals surface area contributed by atoms with Gasteiger partial charge in [0.15, 0.2) is 0 Å². The third kappa shape index (κ3) is 5.91. The van der Waals surface area contributed by atoms with Gasteiger partial charge in [-0.2, -0.15) is 0 Å². The Hall–Kier alpha value is -4.20. The summed E-state index contributed by atoms with van der Waals surface area (Å²) in [5.41, 5.74) is 1.11. The molecule has 0 radical (unpaired) electrons. The van der Waals surface area contributed by atoms with Crippen LogP contribution in [0.5, 0.6) is 0 Å². The molecule has 1 heterocycles. The Bertz CT molecular complexity index is 1120. The van der Waals surface area contributed by atoms with Crippen LogP contribution in [0.3, 0.4) is 0 Å². The minimum atomic E-state index is -0.473. The first-order valence-electron chi connectivity index (χ1n) is 10.2. The number of nitro benzene ring substituents is 1. The number of carbonyl (C=O) groups excluding carboxylic acids is 2. The number of hydrogen-bond acceptors (Lipinski definition) is 5. The Balaban J connectivity index is 1.83. The minimum absolute atomic E-state index is 0.0184. The van der Waals surface area contributed by atoms with Gasteiger partial charge in [-0.1, -0.05) is 31.5 Å². The standard InChI is InChI=1S/C24H23N3O5/c1-2-3-15-25-24(29)21(26-23(28)18-7-5-4-6-8-18)16-20-13-14-22(32-20)17-9-11-19(12-10-17)27(30)31/h4-14,16H,2-3,15H2,1H3,(H,25,29)(H,26,28). The smallest absolute Gasteiger partial charge is 0.269 e. The molecule has 0 saturated heterocycles. The van der Waals surface area contributed by atoms with E-state index in [2.05, 4.69) is 10.6 Å². The van der Waals surface area contributed by atoms with Crippen molar-refractivity contribution >= 4 is 23.6 Å². The second-order valence-corrected chi connectivity index (χ2v) is 6.99. The number of rotatable bonds is 9. The lowest BCUT2D eigenvalue weighted by Gasteiger charge is -2.10. The van der Waals surface area contributed by atoms with Crippen molar-refractivity contribution in [3.63, 3.8) is 0 Å². The summed E-state index contributed by atoms with van der Waals surface area (Å²) in [5.74, 6) is -0.000659. The molecule has 2 aromatic carbocycles. The van der Waals surface area contributed by atoms with E-state index in [1.807, 2.05) is 6.92 Å². The van der Waals surface area contributed by atoms with Crippen molar-refractivity contribution < 1.29 is 18.9 Å². The van der Waals surface area contributed by atoms with E-state index in [1.54, 1.807) is 54.6 Å². The van der Waals surface area contributed by atoms with E-state index in [0.717, 1.165) is 12.8 Å². The SMILES string of the molecule is CCCCNC(=O)C(=Cc1ccc(-c2ccc([N+](=O)[O-])cc2)o1)NC(=O)c1ccccc1. The van der Waals surface area contributed by atoms with Crippen LogP contribution >= 0.6 is 0 Å². The molecule has 0 unspecified atom stereocenters. The molecule has 3 rings (SSSR count). The molecule has 0 aliphatic carbocycles. The Morgan fingerprint density at radius 2 is 1.75 bits per heavy atom. The highest BCUT2D eigenvalue weighted by Gasteiger charge is 2.16. The predicted molar refractivity (Wildman–Crippen MR) is 121 cm³/mol. The van der Waals surface area contributed by atoms with Gasteiger partial charge in [-0.15, -0.1) is 0 Å². The molecule has 2 N–H and O–H groups in total. The highest BCUT2D eigenvalue weighted by Crippen LogP contribution is 2.25. The number of unbranched alkanes of at least 4 members (excludes halogenated alkanes) is 1. The van der Waals surface area contributed by atoms with Crippen molar-refractivity contribution in [2.24, 2.45) is 0 Å². The molecule has 8 nitrogen and oxygen atoms in total. The topological polar surface area (TPSA) is 114 Å². The molecule has 0 saturated carbocycles. The van der Waals surface area contributed by atoms with Crippen LogP contribution in [0.15, 0.2) is 76.8 Å². The summed E-state index contributed by atoms with van der Waals surface area (Å²) in [7, 11) is 0. The van der Waals surface area contributed by atoms with Gasteiger partial charge in [-0.3, -0.25) is 19.7 Å². The van der Waals surface area contributed by atoms with E-state index in [-0.39, 0.29) is 11.4 Å².